The second-order valence-electron chi connectivity index (χ2n) is 6.42. The molecule has 1 aliphatic rings. The number of carbonyl (C=O) groups is 3. The number of nitrogens with one attached hydrogen (secondary N) is 1. The van der Waals surface area contributed by atoms with E-state index in [-0.39, 0.29) is 25.1 Å². The first-order chi connectivity index (χ1) is 13.1. The highest BCUT2D eigenvalue weighted by Crippen LogP contribution is 2.19. The lowest BCUT2D eigenvalue weighted by molar-refractivity contribution is -0.152. The van der Waals surface area contributed by atoms with Gasteiger partial charge in [0, 0.05) is 12.6 Å². The number of esters is 1. The third-order valence-corrected chi connectivity index (χ3v) is 4.60. The Bertz CT molecular complexity index is 662. The number of carbonyl (C=O) groups excluding carboxylic acids is 3. The van der Waals surface area contributed by atoms with Crippen LogP contribution in [0.3, 0.4) is 0 Å². The van der Waals surface area contributed by atoms with Gasteiger partial charge in [-0.25, -0.2) is 0 Å². The first-order valence-electron chi connectivity index (χ1n) is 9.51. The van der Waals surface area contributed by atoms with Crippen molar-refractivity contribution in [3.05, 3.63) is 29.8 Å². The van der Waals surface area contributed by atoms with Crippen LogP contribution in [0.1, 0.15) is 49.9 Å². The number of amides is 2. The van der Waals surface area contributed by atoms with E-state index < -0.39 is 11.9 Å². The quantitative estimate of drug-likeness (QED) is 0.703. The highest BCUT2D eigenvalue weighted by Gasteiger charge is 2.26. The van der Waals surface area contributed by atoms with Crippen LogP contribution in [0.5, 0.6) is 5.75 Å². The summed E-state index contributed by atoms with van der Waals surface area (Å²) in [6, 6.07) is 7.03. The fraction of sp³-hybridized carbons (Fsp3) is 0.550. The largest absolute Gasteiger partial charge is 0.493 e. The molecule has 1 N–H and O–H groups in total. The van der Waals surface area contributed by atoms with Crippen molar-refractivity contribution in [2.75, 3.05) is 26.3 Å². The van der Waals surface area contributed by atoms with Gasteiger partial charge in [-0.2, -0.15) is 0 Å². The molecule has 0 bridgehead atoms. The molecule has 1 atom stereocenters. The molecule has 0 aliphatic carbocycles. The van der Waals surface area contributed by atoms with Crippen LogP contribution in [0.2, 0.25) is 0 Å². The lowest BCUT2D eigenvalue weighted by Crippen LogP contribution is -2.45. The molecule has 2 rings (SSSR count). The van der Waals surface area contributed by atoms with Crippen molar-refractivity contribution in [1.82, 2.24) is 10.2 Å². The van der Waals surface area contributed by atoms with Gasteiger partial charge in [0.2, 0.25) is 0 Å². The van der Waals surface area contributed by atoms with Gasteiger partial charge in [-0.15, -0.1) is 0 Å². The molecule has 0 saturated carbocycles. The first kappa shape index (κ1) is 20.7. The minimum Gasteiger partial charge on any atom is -0.493 e. The molecular weight excluding hydrogens is 348 g/mol. The van der Waals surface area contributed by atoms with E-state index in [4.69, 9.17) is 9.47 Å². The summed E-state index contributed by atoms with van der Waals surface area (Å²) in [6.45, 7) is 4.43. The molecule has 0 unspecified atom stereocenters. The summed E-state index contributed by atoms with van der Waals surface area (Å²) in [7, 11) is 0. The van der Waals surface area contributed by atoms with E-state index in [9.17, 15) is 14.4 Å². The predicted octanol–water partition coefficient (Wildman–Crippen LogP) is 2.15. The lowest BCUT2D eigenvalue weighted by Gasteiger charge is -2.35. The predicted molar refractivity (Wildman–Crippen MR) is 101 cm³/mol. The van der Waals surface area contributed by atoms with Gasteiger partial charge in [0.05, 0.1) is 12.2 Å². The summed E-state index contributed by atoms with van der Waals surface area (Å²) >= 11 is 0. The van der Waals surface area contributed by atoms with E-state index in [1.54, 1.807) is 29.2 Å². The molecule has 1 heterocycles. The van der Waals surface area contributed by atoms with Crippen LogP contribution >= 0.6 is 0 Å². The zero-order chi connectivity index (χ0) is 19.6. The Labute approximate surface area is 160 Å². The Morgan fingerprint density at radius 1 is 1.19 bits per heavy atom. The van der Waals surface area contributed by atoms with Crippen LogP contribution in [0.15, 0.2) is 24.3 Å². The Kier molecular flexibility index (Phi) is 8.10. The summed E-state index contributed by atoms with van der Waals surface area (Å²) in [5, 5.41) is 2.50. The normalized spacial score (nSPS) is 16.5. The lowest BCUT2D eigenvalue weighted by atomic mass is 10.00. The molecule has 27 heavy (non-hydrogen) atoms. The number of ether oxygens (including phenoxy) is 2. The van der Waals surface area contributed by atoms with Crippen molar-refractivity contribution in [1.29, 1.82) is 0 Å². The van der Waals surface area contributed by atoms with Crippen LogP contribution < -0.4 is 10.1 Å². The third-order valence-electron chi connectivity index (χ3n) is 4.60. The van der Waals surface area contributed by atoms with Gasteiger partial charge in [0.15, 0.2) is 6.61 Å². The first-order valence-corrected chi connectivity index (χ1v) is 9.51. The van der Waals surface area contributed by atoms with E-state index in [1.807, 2.05) is 6.92 Å². The maximum Gasteiger partial charge on any atom is 0.325 e. The summed E-state index contributed by atoms with van der Waals surface area (Å²) in [6.07, 6.45) is 3.99. The molecule has 2 amide bonds. The van der Waals surface area contributed by atoms with Crippen molar-refractivity contribution in [2.45, 2.75) is 45.6 Å². The second kappa shape index (κ2) is 10.5. The average molecular weight is 376 g/mol. The van der Waals surface area contributed by atoms with Crippen LogP contribution in [0.25, 0.3) is 0 Å². The zero-order valence-corrected chi connectivity index (χ0v) is 16.0. The maximum absolute atomic E-state index is 12.3. The number of hydrogen-bond donors (Lipinski definition) is 1. The molecule has 7 nitrogen and oxygen atoms in total. The van der Waals surface area contributed by atoms with Gasteiger partial charge in [-0.05, 0) is 44.7 Å². The van der Waals surface area contributed by atoms with Crippen molar-refractivity contribution >= 4 is 17.8 Å². The number of rotatable bonds is 8. The van der Waals surface area contributed by atoms with E-state index in [0.29, 0.717) is 24.5 Å². The van der Waals surface area contributed by atoms with Crippen LogP contribution in [-0.2, 0) is 14.3 Å². The number of para-hydroxylation sites is 1. The summed E-state index contributed by atoms with van der Waals surface area (Å²) in [5.74, 6) is -0.792. The Morgan fingerprint density at radius 3 is 2.70 bits per heavy atom. The molecule has 1 aliphatic heterocycles. The fourth-order valence-corrected chi connectivity index (χ4v) is 3.21. The number of benzene rings is 1. The monoisotopic (exact) mass is 376 g/mol. The van der Waals surface area contributed by atoms with E-state index >= 15 is 0 Å². The summed E-state index contributed by atoms with van der Waals surface area (Å²) in [4.78, 5) is 38.2. The molecule has 0 spiro atoms. The maximum atomic E-state index is 12.3. The van der Waals surface area contributed by atoms with Crippen LogP contribution in [0, 0.1) is 0 Å². The number of piperidine rings is 1. The molecule has 0 aromatic heterocycles. The minimum atomic E-state index is -0.643. The van der Waals surface area contributed by atoms with Gasteiger partial charge in [0.1, 0.15) is 12.3 Å². The zero-order valence-electron chi connectivity index (χ0n) is 16.0. The molecule has 148 valence electrons. The summed E-state index contributed by atoms with van der Waals surface area (Å²) < 4.78 is 10.4. The Morgan fingerprint density at radius 2 is 1.96 bits per heavy atom. The highest BCUT2D eigenvalue weighted by atomic mass is 16.5. The molecule has 7 heteroatoms. The van der Waals surface area contributed by atoms with Gasteiger partial charge in [-0.3, -0.25) is 14.4 Å². The molecule has 1 fully saturated rings. The molecule has 1 aromatic rings. The standard InChI is InChI=1S/C20H28N2O5/c1-3-15-9-7-8-12-22(15)18(23)14-27-19(24)13-21-20(25)16-10-5-6-11-17(16)26-4-2/h5-6,10-11,15H,3-4,7-9,12-14H2,1-2H3,(H,21,25)/t15-/m1/s1. The van der Waals surface area contributed by atoms with Crippen molar-refractivity contribution < 1.29 is 23.9 Å². The average Bonchev–Trinajstić information content (AvgIpc) is 2.70. The third kappa shape index (κ3) is 5.98. The van der Waals surface area contributed by atoms with E-state index in [2.05, 4.69) is 12.2 Å². The number of hydrogen-bond acceptors (Lipinski definition) is 5. The van der Waals surface area contributed by atoms with Gasteiger partial charge >= 0.3 is 5.97 Å². The fourth-order valence-electron chi connectivity index (χ4n) is 3.21. The van der Waals surface area contributed by atoms with Gasteiger partial charge in [0.25, 0.3) is 11.8 Å². The molecule has 1 aromatic carbocycles. The molecular formula is C20H28N2O5. The molecule has 0 radical (unpaired) electrons. The smallest absolute Gasteiger partial charge is 0.325 e. The van der Waals surface area contributed by atoms with E-state index in [0.717, 1.165) is 25.7 Å². The Hall–Kier alpha value is -2.57. The van der Waals surface area contributed by atoms with Gasteiger partial charge in [-0.1, -0.05) is 19.1 Å². The van der Waals surface area contributed by atoms with E-state index in [1.165, 1.54) is 0 Å². The Balaban J connectivity index is 1.79. The summed E-state index contributed by atoms with van der Waals surface area (Å²) in [5.41, 5.74) is 0.349. The number of nitrogens with zero attached hydrogens (tertiary/aromatic N) is 1. The minimum absolute atomic E-state index is 0.178. The van der Waals surface area contributed by atoms with Crippen molar-refractivity contribution in [3.8, 4) is 5.75 Å². The SMILES string of the molecule is CCOc1ccccc1C(=O)NCC(=O)OCC(=O)N1CCCC[C@H]1CC. The topological polar surface area (TPSA) is 84.9 Å². The number of likely N-dealkylation sites (tertiary alicyclic amines) is 1. The second-order valence-corrected chi connectivity index (χ2v) is 6.42. The van der Waals surface area contributed by atoms with Crippen molar-refractivity contribution in [3.63, 3.8) is 0 Å². The van der Waals surface area contributed by atoms with Crippen LogP contribution in [0.4, 0.5) is 0 Å². The molecule has 1 saturated heterocycles. The van der Waals surface area contributed by atoms with Gasteiger partial charge < -0.3 is 19.7 Å². The highest BCUT2D eigenvalue weighted by molar-refractivity contribution is 5.98. The van der Waals surface area contributed by atoms with Crippen molar-refractivity contribution in [2.24, 2.45) is 0 Å². The van der Waals surface area contributed by atoms with Crippen LogP contribution in [-0.4, -0.2) is 55.0 Å².